The summed E-state index contributed by atoms with van der Waals surface area (Å²) in [6.45, 7) is 4.02. The number of ether oxygens (including phenoxy) is 1. The number of anilines is 2. The van der Waals surface area contributed by atoms with E-state index in [0.717, 1.165) is 36.7 Å². The third-order valence-corrected chi connectivity index (χ3v) is 4.27. The number of rotatable bonds is 5. The number of halogens is 2. The van der Waals surface area contributed by atoms with E-state index in [4.69, 9.17) is 16.3 Å². The van der Waals surface area contributed by atoms with Gasteiger partial charge in [0.15, 0.2) is 5.82 Å². The van der Waals surface area contributed by atoms with Crippen molar-refractivity contribution in [1.29, 1.82) is 0 Å². The molecule has 1 unspecified atom stereocenters. The van der Waals surface area contributed by atoms with Crippen molar-refractivity contribution < 1.29 is 9.13 Å². The molecule has 1 aromatic carbocycles. The van der Waals surface area contributed by atoms with Gasteiger partial charge in [0, 0.05) is 43.7 Å². The molecule has 0 amide bonds. The largest absolute Gasteiger partial charge is 0.377 e. The van der Waals surface area contributed by atoms with Gasteiger partial charge in [0.05, 0.1) is 5.02 Å². The minimum atomic E-state index is -0.392. The van der Waals surface area contributed by atoms with Gasteiger partial charge in [0.25, 0.3) is 0 Å². The third kappa shape index (κ3) is 3.94. The second-order valence-corrected chi connectivity index (χ2v) is 6.33. The number of hydrogen-bond donors (Lipinski definition) is 1. The molecule has 1 saturated heterocycles. The lowest BCUT2D eigenvalue weighted by Gasteiger charge is -2.20. The summed E-state index contributed by atoms with van der Waals surface area (Å²) in [6.07, 6.45) is 0.970. The second kappa shape index (κ2) is 7.32. The fourth-order valence-corrected chi connectivity index (χ4v) is 3.08. The highest BCUT2D eigenvalue weighted by atomic mass is 35.5. The van der Waals surface area contributed by atoms with Gasteiger partial charge in [-0.2, -0.15) is 0 Å². The molecule has 0 aliphatic carbocycles. The first-order chi connectivity index (χ1) is 11.5. The normalized spacial score (nSPS) is 17.3. The number of aryl methyl sites for hydroxylation is 1. The zero-order valence-corrected chi connectivity index (χ0v) is 14.5. The van der Waals surface area contributed by atoms with Crippen molar-refractivity contribution in [2.45, 2.75) is 26.0 Å². The number of nitrogens with zero attached hydrogens (tertiary/aromatic N) is 3. The summed E-state index contributed by atoms with van der Waals surface area (Å²) in [4.78, 5) is 11.0. The molecule has 2 heterocycles. The Morgan fingerprint density at radius 2 is 2.21 bits per heavy atom. The van der Waals surface area contributed by atoms with Crippen LogP contribution in [0.25, 0.3) is 0 Å². The van der Waals surface area contributed by atoms with E-state index < -0.39 is 5.82 Å². The lowest BCUT2D eigenvalue weighted by molar-refractivity contribution is 0.177. The van der Waals surface area contributed by atoms with Crippen LogP contribution in [0.2, 0.25) is 5.02 Å². The lowest BCUT2D eigenvalue weighted by Crippen LogP contribution is -2.26. The van der Waals surface area contributed by atoms with Gasteiger partial charge in [-0.3, -0.25) is 0 Å². The van der Waals surface area contributed by atoms with Crippen molar-refractivity contribution in [2.75, 3.05) is 30.4 Å². The molecule has 1 aromatic heterocycles. The molecule has 0 spiro atoms. The minimum absolute atomic E-state index is 0.152. The third-order valence-electron chi connectivity index (χ3n) is 3.98. The van der Waals surface area contributed by atoms with Crippen molar-refractivity contribution in [3.05, 3.63) is 46.6 Å². The standard InChI is InChI=1S/C17H20ClFN4O/c1-11-7-16(22-17(20-11)10-24-2)21-12-5-6-23(9-12)13-3-4-15(19)14(18)8-13/h3-4,7-8,12H,5-6,9-10H2,1-2H3,(H,20,21,22). The maximum atomic E-state index is 13.3. The van der Waals surface area contributed by atoms with Gasteiger partial charge in [0.1, 0.15) is 18.2 Å². The molecule has 2 aromatic rings. The minimum Gasteiger partial charge on any atom is -0.377 e. The van der Waals surface area contributed by atoms with Crippen LogP contribution in [-0.4, -0.2) is 36.2 Å². The van der Waals surface area contributed by atoms with E-state index in [2.05, 4.69) is 20.2 Å². The van der Waals surface area contributed by atoms with Gasteiger partial charge in [-0.1, -0.05) is 11.6 Å². The topological polar surface area (TPSA) is 50.3 Å². The summed E-state index contributed by atoms with van der Waals surface area (Å²) in [5.41, 5.74) is 1.84. The van der Waals surface area contributed by atoms with Crippen molar-refractivity contribution in [3.63, 3.8) is 0 Å². The molecular formula is C17H20ClFN4O. The van der Waals surface area contributed by atoms with Crippen LogP contribution in [0.3, 0.4) is 0 Å². The molecule has 3 rings (SSSR count). The zero-order valence-electron chi connectivity index (χ0n) is 13.7. The number of methoxy groups -OCH3 is 1. The molecule has 1 aliphatic rings. The summed E-state index contributed by atoms with van der Waals surface area (Å²) in [5.74, 6) is 1.08. The van der Waals surface area contributed by atoms with Gasteiger partial charge in [-0.25, -0.2) is 14.4 Å². The Bertz CT molecular complexity index is 728. The molecule has 0 bridgehead atoms. The second-order valence-electron chi connectivity index (χ2n) is 5.92. The van der Waals surface area contributed by atoms with Crippen LogP contribution < -0.4 is 10.2 Å². The Hall–Kier alpha value is -1.92. The van der Waals surface area contributed by atoms with Crippen LogP contribution in [0, 0.1) is 12.7 Å². The van der Waals surface area contributed by atoms with Gasteiger partial charge in [-0.15, -0.1) is 0 Å². The van der Waals surface area contributed by atoms with Crippen LogP contribution in [-0.2, 0) is 11.3 Å². The van der Waals surface area contributed by atoms with Crippen LogP contribution in [0.1, 0.15) is 17.9 Å². The number of benzene rings is 1. The average molecular weight is 351 g/mol. The van der Waals surface area contributed by atoms with E-state index >= 15 is 0 Å². The first kappa shape index (κ1) is 16.9. The lowest BCUT2D eigenvalue weighted by atomic mass is 10.2. The smallest absolute Gasteiger partial charge is 0.156 e. The fourth-order valence-electron chi connectivity index (χ4n) is 2.90. The molecule has 1 fully saturated rings. The van der Waals surface area contributed by atoms with Crippen LogP contribution in [0.5, 0.6) is 0 Å². The van der Waals surface area contributed by atoms with E-state index in [1.165, 1.54) is 6.07 Å². The molecular weight excluding hydrogens is 331 g/mol. The summed E-state index contributed by atoms with van der Waals surface area (Å²) in [6, 6.07) is 7.03. The Balaban J connectivity index is 1.66. The van der Waals surface area contributed by atoms with Crippen molar-refractivity contribution in [2.24, 2.45) is 0 Å². The van der Waals surface area contributed by atoms with Crippen LogP contribution >= 0.6 is 11.6 Å². The number of aromatic nitrogens is 2. The number of nitrogens with one attached hydrogen (secondary N) is 1. The highest BCUT2D eigenvalue weighted by molar-refractivity contribution is 6.31. The molecule has 1 N–H and O–H groups in total. The SMILES string of the molecule is COCc1nc(C)cc(NC2CCN(c3ccc(F)c(Cl)c3)C2)n1. The highest BCUT2D eigenvalue weighted by Gasteiger charge is 2.23. The van der Waals surface area contributed by atoms with Crippen molar-refractivity contribution >= 4 is 23.1 Å². The van der Waals surface area contributed by atoms with Gasteiger partial charge < -0.3 is 15.0 Å². The van der Waals surface area contributed by atoms with Crippen LogP contribution in [0.4, 0.5) is 15.9 Å². The van der Waals surface area contributed by atoms with E-state index in [0.29, 0.717) is 12.4 Å². The van der Waals surface area contributed by atoms with E-state index in [9.17, 15) is 4.39 Å². The predicted octanol–water partition coefficient (Wildman–Crippen LogP) is 3.41. The summed E-state index contributed by atoms with van der Waals surface area (Å²) in [5, 5.41) is 3.60. The molecule has 7 heteroatoms. The molecule has 0 radical (unpaired) electrons. The molecule has 0 saturated carbocycles. The fraction of sp³-hybridized carbons (Fsp3) is 0.412. The van der Waals surface area contributed by atoms with Gasteiger partial charge >= 0.3 is 0 Å². The van der Waals surface area contributed by atoms with Crippen molar-refractivity contribution in [1.82, 2.24) is 9.97 Å². The molecule has 1 aliphatic heterocycles. The first-order valence-electron chi connectivity index (χ1n) is 7.85. The molecule has 1 atom stereocenters. The average Bonchev–Trinajstić information content (AvgIpc) is 2.98. The maximum Gasteiger partial charge on any atom is 0.156 e. The van der Waals surface area contributed by atoms with Crippen molar-refractivity contribution in [3.8, 4) is 0 Å². The summed E-state index contributed by atoms with van der Waals surface area (Å²) < 4.78 is 18.4. The monoisotopic (exact) mass is 350 g/mol. The Morgan fingerprint density at radius 1 is 1.38 bits per heavy atom. The molecule has 24 heavy (non-hydrogen) atoms. The van der Waals surface area contributed by atoms with Crippen LogP contribution in [0.15, 0.2) is 24.3 Å². The highest BCUT2D eigenvalue weighted by Crippen LogP contribution is 2.26. The van der Waals surface area contributed by atoms with E-state index in [1.54, 1.807) is 19.2 Å². The van der Waals surface area contributed by atoms with E-state index in [1.807, 2.05) is 13.0 Å². The van der Waals surface area contributed by atoms with E-state index in [-0.39, 0.29) is 11.1 Å². The quantitative estimate of drug-likeness (QED) is 0.895. The Kier molecular flexibility index (Phi) is 5.16. The zero-order chi connectivity index (χ0) is 17.1. The molecule has 5 nitrogen and oxygen atoms in total. The number of hydrogen-bond acceptors (Lipinski definition) is 5. The summed E-state index contributed by atoms with van der Waals surface area (Å²) >= 11 is 5.88. The van der Waals surface area contributed by atoms with Gasteiger partial charge in [-0.05, 0) is 31.5 Å². The van der Waals surface area contributed by atoms with Gasteiger partial charge in [0.2, 0.25) is 0 Å². The Morgan fingerprint density at radius 3 is 2.96 bits per heavy atom. The Labute approximate surface area is 145 Å². The predicted molar refractivity (Wildman–Crippen MR) is 93.1 cm³/mol. The first-order valence-corrected chi connectivity index (χ1v) is 8.23. The molecule has 128 valence electrons. The summed E-state index contributed by atoms with van der Waals surface area (Å²) in [7, 11) is 1.63. The maximum absolute atomic E-state index is 13.3.